The van der Waals surface area contributed by atoms with Gasteiger partial charge in [0, 0.05) is 18.2 Å². The van der Waals surface area contributed by atoms with E-state index in [4.69, 9.17) is 4.74 Å². The fourth-order valence-electron chi connectivity index (χ4n) is 2.55. The van der Waals surface area contributed by atoms with Crippen LogP contribution < -0.4 is 15.7 Å². The topological polar surface area (TPSA) is 69.9 Å². The van der Waals surface area contributed by atoms with Crippen molar-refractivity contribution in [1.82, 2.24) is 15.3 Å². The maximum Gasteiger partial charge on any atom is 0.323 e. The summed E-state index contributed by atoms with van der Waals surface area (Å²) >= 11 is 0. The summed E-state index contributed by atoms with van der Waals surface area (Å²) < 4.78 is 5.36. The number of benzene rings is 2. The number of imidazole rings is 1. The van der Waals surface area contributed by atoms with Gasteiger partial charge in [-0.25, -0.2) is 4.79 Å². The Balaban J connectivity index is 1.75. The first-order valence-corrected chi connectivity index (χ1v) is 7.24. The zero-order valence-electron chi connectivity index (χ0n) is 12.6. The Morgan fingerprint density at radius 2 is 1.91 bits per heavy atom. The fraction of sp³-hybridized carbons (Fsp3) is 0.235. The van der Waals surface area contributed by atoms with E-state index < -0.39 is 0 Å². The molecule has 0 unspecified atom stereocenters. The lowest BCUT2D eigenvalue weighted by atomic mass is 10.1. The van der Waals surface area contributed by atoms with Gasteiger partial charge >= 0.3 is 5.69 Å². The summed E-state index contributed by atoms with van der Waals surface area (Å²) in [4.78, 5) is 16.8. The number of hydrogen-bond acceptors (Lipinski definition) is 3. The molecule has 1 aromatic heterocycles. The second kappa shape index (κ2) is 6.07. The van der Waals surface area contributed by atoms with Crippen LogP contribution in [0.5, 0.6) is 5.75 Å². The number of rotatable bonds is 5. The van der Waals surface area contributed by atoms with Crippen molar-refractivity contribution in [2.45, 2.75) is 19.5 Å². The molecule has 0 spiro atoms. The van der Waals surface area contributed by atoms with Crippen LogP contribution in [0.1, 0.15) is 24.1 Å². The van der Waals surface area contributed by atoms with E-state index in [9.17, 15) is 4.79 Å². The highest BCUT2D eigenvalue weighted by molar-refractivity contribution is 5.75. The van der Waals surface area contributed by atoms with Crippen molar-refractivity contribution in [1.29, 1.82) is 0 Å². The van der Waals surface area contributed by atoms with E-state index in [-0.39, 0.29) is 11.7 Å². The summed E-state index contributed by atoms with van der Waals surface area (Å²) in [5.41, 5.74) is 3.71. The fourth-order valence-corrected chi connectivity index (χ4v) is 2.55. The molecule has 3 aromatic rings. The third-order valence-corrected chi connectivity index (χ3v) is 3.83. The van der Waals surface area contributed by atoms with Crippen LogP contribution in [0.15, 0.2) is 47.3 Å². The minimum atomic E-state index is -0.179. The van der Waals surface area contributed by atoms with Crippen LogP contribution in [0.4, 0.5) is 0 Å². The highest BCUT2D eigenvalue weighted by Crippen LogP contribution is 2.20. The molecule has 0 aliphatic rings. The van der Waals surface area contributed by atoms with Crippen molar-refractivity contribution < 1.29 is 4.74 Å². The van der Waals surface area contributed by atoms with Gasteiger partial charge in [-0.3, -0.25) is 0 Å². The van der Waals surface area contributed by atoms with E-state index in [1.165, 1.54) is 0 Å². The van der Waals surface area contributed by atoms with Gasteiger partial charge in [-0.05, 0) is 30.7 Å². The van der Waals surface area contributed by atoms with E-state index in [1.54, 1.807) is 7.11 Å². The second-order valence-electron chi connectivity index (χ2n) is 5.30. The van der Waals surface area contributed by atoms with Crippen molar-refractivity contribution >= 4 is 11.0 Å². The number of para-hydroxylation sites is 1. The van der Waals surface area contributed by atoms with Gasteiger partial charge in [0.15, 0.2) is 0 Å². The zero-order chi connectivity index (χ0) is 15.5. The molecule has 0 amide bonds. The van der Waals surface area contributed by atoms with Crippen molar-refractivity contribution in [3.63, 3.8) is 0 Å². The van der Waals surface area contributed by atoms with E-state index in [1.807, 2.05) is 42.5 Å². The zero-order valence-corrected chi connectivity index (χ0v) is 12.6. The first kappa shape index (κ1) is 14.4. The molecule has 3 rings (SSSR count). The molecule has 0 aliphatic heterocycles. The number of methoxy groups -OCH3 is 1. The lowest BCUT2D eigenvalue weighted by Crippen LogP contribution is -2.18. The summed E-state index contributed by atoms with van der Waals surface area (Å²) in [5.74, 6) is 0.882. The third-order valence-electron chi connectivity index (χ3n) is 3.83. The lowest BCUT2D eigenvalue weighted by Gasteiger charge is -2.16. The lowest BCUT2D eigenvalue weighted by molar-refractivity contribution is 0.406. The Kier molecular flexibility index (Phi) is 3.98. The molecular weight excluding hydrogens is 278 g/mol. The maximum atomic E-state index is 11.3. The minimum absolute atomic E-state index is 0.160. The molecule has 5 nitrogen and oxygen atoms in total. The molecule has 114 valence electrons. The van der Waals surface area contributed by atoms with Crippen LogP contribution >= 0.6 is 0 Å². The monoisotopic (exact) mass is 297 g/mol. The Bertz CT molecular complexity index is 835. The second-order valence-corrected chi connectivity index (χ2v) is 5.30. The van der Waals surface area contributed by atoms with Gasteiger partial charge in [-0.1, -0.05) is 24.3 Å². The minimum Gasteiger partial charge on any atom is -0.496 e. The number of H-pyrrole nitrogens is 2. The molecule has 0 bridgehead atoms. The molecule has 5 heteroatoms. The molecule has 1 heterocycles. The predicted octanol–water partition coefficient (Wildman–Crippen LogP) is 2.72. The Morgan fingerprint density at radius 1 is 1.14 bits per heavy atom. The SMILES string of the molecule is COc1ccccc1CN[C@@H](C)c1ccc2[nH]c(=O)[nH]c2c1. The number of fused-ring (bicyclic) bond motifs is 1. The molecule has 0 saturated heterocycles. The number of nitrogens with one attached hydrogen (secondary N) is 3. The van der Waals surface area contributed by atoms with E-state index in [0.29, 0.717) is 6.54 Å². The average Bonchev–Trinajstić information content (AvgIpc) is 2.91. The Hall–Kier alpha value is -2.53. The summed E-state index contributed by atoms with van der Waals surface area (Å²) in [6, 6.07) is 14.1. The summed E-state index contributed by atoms with van der Waals surface area (Å²) in [6.45, 7) is 2.81. The molecule has 22 heavy (non-hydrogen) atoms. The standard InChI is InChI=1S/C17H19N3O2/c1-11(18-10-13-5-3-4-6-16(13)22-2)12-7-8-14-15(9-12)20-17(21)19-14/h3-9,11,18H,10H2,1-2H3,(H2,19,20,21)/t11-/m0/s1. The Labute approximate surface area is 128 Å². The van der Waals surface area contributed by atoms with Gasteiger partial charge in [-0.15, -0.1) is 0 Å². The smallest absolute Gasteiger partial charge is 0.323 e. The van der Waals surface area contributed by atoms with E-state index in [2.05, 4.69) is 22.2 Å². The highest BCUT2D eigenvalue weighted by Gasteiger charge is 2.09. The largest absolute Gasteiger partial charge is 0.496 e. The van der Waals surface area contributed by atoms with E-state index in [0.717, 1.165) is 27.9 Å². The molecule has 1 atom stereocenters. The first-order chi connectivity index (χ1) is 10.7. The highest BCUT2D eigenvalue weighted by atomic mass is 16.5. The van der Waals surface area contributed by atoms with Crippen molar-refractivity contribution in [3.05, 3.63) is 64.1 Å². The van der Waals surface area contributed by atoms with Gasteiger partial charge in [0.05, 0.1) is 18.1 Å². The van der Waals surface area contributed by atoms with Gasteiger partial charge in [0.2, 0.25) is 0 Å². The van der Waals surface area contributed by atoms with Gasteiger partial charge in [-0.2, -0.15) is 0 Å². The number of aromatic amines is 2. The van der Waals surface area contributed by atoms with Crippen molar-refractivity contribution in [3.8, 4) is 5.75 Å². The summed E-state index contributed by atoms with van der Waals surface area (Å²) in [6.07, 6.45) is 0. The molecule has 3 N–H and O–H groups in total. The van der Waals surface area contributed by atoms with Crippen LogP contribution in [-0.2, 0) is 6.54 Å². The average molecular weight is 297 g/mol. The predicted molar refractivity (Wildman–Crippen MR) is 87.2 cm³/mol. The van der Waals surface area contributed by atoms with Crippen molar-refractivity contribution in [2.24, 2.45) is 0 Å². The number of aromatic nitrogens is 2. The molecular formula is C17H19N3O2. The van der Waals surface area contributed by atoms with Gasteiger partial charge in [0.25, 0.3) is 0 Å². The maximum absolute atomic E-state index is 11.3. The summed E-state index contributed by atoms with van der Waals surface area (Å²) in [5, 5.41) is 3.48. The van der Waals surface area contributed by atoms with Crippen LogP contribution in [0.2, 0.25) is 0 Å². The number of hydrogen-bond donors (Lipinski definition) is 3. The normalized spacial score (nSPS) is 12.5. The van der Waals surface area contributed by atoms with E-state index >= 15 is 0 Å². The van der Waals surface area contributed by atoms with Gasteiger partial charge in [0.1, 0.15) is 5.75 Å². The van der Waals surface area contributed by atoms with Crippen LogP contribution in [0.3, 0.4) is 0 Å². The quantitative estimate of drug-likeness (QED) is 0.678. The molecule has 0 radical (unpaired) electrons. The molecule has 0 saturated carbocycles. The van der Waals surface area contributed by atoms with Crippen LogP contribution in [0.25, 0.3) is 11.0 Å². The van der Waals surface area contributed by atoms with Crippen LogP contribution in [0, 0.1) is 0 Å². The van der Waals surface area contributed by atoms with Crippen LogP contribution in [-0.4, -0.2) is 17.1 Å². The first-order valence-electron chi connectivity index (χ1n) is 7.24. The number of ether oxygens (including phenoxy) is 1. The van der Waals surface area contributed by atoms with Gasteiger partial charge < -0.3 is 20.0 Å². The molecule has 0 fully saturated rings. The molecule has 2 aromatic carbocycles. The molecule has 0 aliphatic carbocycles. The summed E-state index contributed by atoms with van der Waals surface area (Å²) in [7, 11) is 1.68. The Morgan fingerprint density at radius 3 is 2.73 bits per heavy atom. The van der Waals surface area contributed by atoms with Crippen molar-refractivity contribution in [2.75, 3.05) is 7.11 Å². The third kappa shape index (κ3) is 2.89.